The van der Waals surface area contributed by atoms with Crippen LogP contribution in [0.4, 0.5) is 0 Å². The molecule has 2 fully saturated rings. The van der Waals surface area contributed by atoms with Crippen molar-refractivity contribution in [1.29, 1.82) is 0 Å². The van der Waals surface area contributed by atoms with Gasteiger partial charge in [0.1, 0.15) is 0 Å². The molecule has 0 unspecified atom stereocenters. The summed E-state index contributed by atoms with van der Waals surface area (Å²) in [5.41, 5.74) is 0. The van der Waals surface area contributed by atoms with E-state index in [-0.39, 0.29) is 0 Å². The third kappa shape index (κ3) is 3.95. The van der Waals surface area contributed by atoms with Crippen molar-refractivity contribution in [3.8, 4) is 0 Å². The predicted molar refractivity (Wildman–Crippen MR) is 73.6 cm³/mol. The van der Waals surface area contributed by atoms with E-state index >= 15 is 0 Å². The fourth-order valence-corrected chi connectivity index (χ4v) is 3.06. The van der Waals surface area contributed by atoms with Gasteiger partial charge < -0.3 is 10.2 Å². The Kier molecular flexibility index (Phi) is 5.45. The lowest BCUT2D eigenvalue weighted by molar-refractivity contribution is -0.133. The van der Waals surface area contributed by atoms with Crippen molar-refractivity contribution in [2.24, 2.45) is 0 Å². The second kappa shape index (κ2) is 7.10. The molecule has 0 radical (unpaired) electrons. The van der Waals surface area contributed by atoms with Crippen molar-refractivity contribution < 1.29 is 4.79 Å². The number of nitrogens with one attached hydrogen (secondary N) is 1. The van der Waals surface area contributed by atoms with E-state index in [1.807, 2.05) is 4.90 Å². The van der Waals surface area contributed by atoms with Gasteiger partial charge in [-0.1, -0.05) is 25.7 Å². The lowest BCUT2D eigenvalue weighted by Crippen LogP contribution is -2.50. The zero-order valence-electron chi connectivity index (χ0n) is 11.7. The molecule has 4 heteroatoms. The van der Waals surface area contributed by atoms with Gasteiger partial charge in [-0.05, 0) is 19.9 Å². The number of hydrogen-bond donors (Lipinski definition) is 1. The quantitative estimate of drug-likeness (QED) is 0.764. The fourth-order valence-electron chi connectivity index (χ4n) is 3.06. The van der Waals surface area contributed by atoms with Crippen LogP contribution in [-0.2, 0) is 4.79 Å². The molecule has 1 heterocycles. The number of amides is 1. The average molecular weight is 253 g/mol. The van der Waals surface area contributed by atoms with Crippen LogP contribution in [0.15, 0.2) is 0 Å². The van der Waals surface area contributed by atoms with E-state index < -0.39 is 0 Å². The summed E-state index contributed by atoms with van der Waals surface area (Å²) in [7, 11) is 2.12. The van der Waals surface area contributed by atoms with Gasteiger partial charge in [0, 0.05) is 32.2 Å². The Balaban J connectivity index is 1.77. The third-order valence-corrected chi connectivity index (χ3v) is 4.30. The Bertz CT molecular complexity index is 256. The first-order valence-corrected chi connectivity index (χ1v) is 7.46. The van der Waals surface area contributed by atoms with Crippen LogP contribution < -0.4 is 5.32 Å². The summed E-state index contributed by atoms with van der Waals surface area (Å²) < 4.78 is 0. The lowest BCUT2D eigenvalue weighted by Gasteiger charge is -2.32. The zero-order chi connectivity index (χ0) is 12.8. The van der Waals surface area contributed by atoms with E-state index in [0.717, 1.165) is 26.2 Å². The monoisotopic (exact) mass is 253 g/mol. The van der Waals surface area contributed by atoms with Gasteiger partial charge in [0.2, 0.25) is 5.91 Å². The van der Waals surface area contributed by atoms with Gasteiger partial charge in [0.05, 0.1) is 6.54 Å². The molecular weight excluding hydrogens is 226 g/mol. The van der Waals surface area contributed by atoms with Gasteiger partial charge in [0.15, 0.2) is 0 Å². The standard InChI is InChI=1S/C14H27N3O/c1-16(13-6-4-2-3-5-7-13)12-14(18)17-10-8-15-9-11-17/h13,15H,2-12H2,1H3. The Labute approximate surface area is 111 Å². The highest BCUT2D eigenvalue weighted by Crippen LogP contribution is 2.20. The molecule has 0 atom stereocenters. The molecule has 0 spiro atoms. The molecule has 1 N–H and O–H groups in total. The van der Waals surface area contributed by atoms with Crippen LogP contribution >= 0.6 is 0 Å². The maximum atomic E-state index is 12.2. The van der Waals surface area contributed by atoms with Crippen molar-refractivity contribution in [2.45, 2.75) is 44.6 Å². The molecule has 1 aliphatic carbocycles. The third-order valence-electron chi connectivity index (χ3n) is 4.30. The van der Waals surface area contributed by atoms with Crippen molar-refractivity contribution in [1.82, 2.24) is 15.1 Å². The first-order chi connectivity index (χ1) is 8.77. The summed E-state index contributed by atoms with van der Waals surface area (Å²) in [6.45, 7) is 4.23. The molecule has 0 aromatic heterocycles. The van der Waals surface area contributed by atoms with E-state index in [9.17, 15) is 4.79 Å². The number of likely N-dealkylation sites (N-methyl/N-ethyl adjacent to an activating group) is 1. The molecular formula is C14H27N3O. The van der Waals surface area contributed by atoms with Crippen molar-refractivity contribution in [2.75, 3.05) is 39.8 Å². The highest BCUT2D eigenvalue weighted by molar-refractivity contribution is 5.78. The topological polar surface area (TPSA) is 35.6 Å². The highest BCUT2D eigenvalue weighted by atomic mass is 16.2. The van der Waals surface area contributed by atoms with E-state index in [0.29, 0.717) is 18.5 Å². The molecule has 4 nitrogen and oxygen atoms in total. The number of nitrogens with zero attached hydrogens (tertiary/aromatic N) is 2. The summed E-state index contributed by atoms with van der Waals surface area (Å²) >= 11 is 0. The highest BCUT2D eigenvalue weighted by Gasteiger charge is 2.22. The molecule has 2 aliphatic rings. The molecule has 1 aliphatic heterocycles. The summed E-state index contributed by atoms with van der Waals surface area (Å²) in [6.07, 6.45) is 7.94. The molecule has 18 heavy (non-hydrogen) atoms. The maximum Gasteiger partial charge on any atom is 0.236 e. The Morgan fingerprint density at radius 3 is 2.39 bits per heavy atom. The molecule has 1 amide bonds. The van der Waals surface area contributed by atoms with Crippen LogP contribution in [0.1, 0.15) is 38.5 Å². The van der Waals surface area contributed by atoms with Crippen LogP contribution in [0, 0.1) is 0 Å². The van der Waals surface area contributed by atoms with Crippen LogP contribution in [0.2, 0.25) is 0 Å². The van der Waals surface area contributed by atoms with Crippen LogP contribution in [0.3, 0.4) is 0 Å². The van der Waals surface area contributed by atoms with E-state index in [4.69, 9.17) is 0 Å². The number of carbonyl (C=O) groups is 1. The van der Waals surface area contributed by atoms with E-state index in [1.165, 1.54) is 38.5 Å². The minimum Gasteiger partial charge on any atom is -0.339 e. The van der Waals surface area contributed by atoms with E-state index in [2.05, 4.69) is 17.3 Å². The molecule has 1 saturated carbocycles. The summed E-state index contributed by atoms with van der Waals surface area (Å²) in [6, 6.07) is 0.624. The molecule has 0 bridgehead atoms. The minimum atomic E-state index is 0.309. The first-order valence-electron chi connectivity index (χ1n) is 7.46. The number of carbonyl (C=O) groups excluding carboxylic acids is 1. The van der Waals surface area contributed by atoms with E-state index in [1.54, 1.807) is 0 Å². The predicted octanol–water partition coefficient (Wildman–Crippen LogP) is 1.07. The Morgan fingerprint density at radius 2 is 1.78 bits per heavy atom. The molecule has 1 saturated heterocycles. The first kappa shape index (κ1) is 13.8. The summed E-state index contributed by atoms with van der Waals surface area (Å²) in [5, 5.41) is 3.29. The van der Waals surface area contributed by atoms with Crippen LogP contribution in [0.5, 0.6) is 0 Å². The fraction of sp³-hybridized carbons (Fsp3) is 0.929. The second-order valence-electron chi connectivity index (χ2n) is 5.69. The zero-order valence-corrected chi connectivity index (χ0v) is 11.7. The van der Waals surface area contributed by atoms with Crippen LogP contribution in [-0.4, -0.2) is 61.5 Å². The van der Waals surface area contributed by atoms with Gasteiger partial charge in [0.25, 0.3) is 0 Å². The minimum absolute atomic E-state index is 0.309. The number of rotatable bonds is 3. The summed E-state index contributed by atoms with van der Waals surface area (Å²) in [4.78, 5) is 16.5. The Morgan fingerprint density at radius 1 is 1.17 bits per heavy atom. The summed E-state index contributed by atoms with van der Waals surface area (Å²) in [5.74, 6) is 0.309. The SMILES string of the molecule is CN(CC(=O)N1CCNCC1)C1CCCCCC1. The number of hydrogen-bond acceptors (Lipinski definition) is 3. The second-order valence-corrected chi connectivity index (χ2v) is 5.69. The smallest absolute Gasteiger partial charge is 0.236 e. The van der Waals surface area contributed by atoms with Crippen molar-refractivity contribution in [3.63, 3.8) is 0 Å². The van der Waals surface area contributed by atoms with Crippen LogP contribution in [0.25, 0.3) is 0 Å². The molecule has 104 valence electrons. The molecule has 0 aromatic carbocycles. The molecule has 2 rings (SSSR count). The van der Waals surface area contributed by atoms with Gasteiger partial charge in [-0.25, -0.2) is 0 Å². The van der Waals surface area contributed by atoms with Crippen molar-refractivity contribution in [3.05, 3.63) is 0 Å². The number of piperazine rings is 1. The van der Waals surface area contributed by atoms with Gasteiger partial charge in [-0.3, -0.25) is 9.69 Å². The van der Waals surface area contributed by atoms with Gasteiger partial charge in [-0.15, -0.1) is 0 Å². The lowest BCUT2D eigenvalue weighted by atomic mass is 10.1. The Hall–Kier alpha value is -0.610. The molecule has 0 aromatic rings. The van der Waals surface area contributed by atoms with Gasteiger partial charge in [-0.2, -0.15) is 0 Å². The maximum absolute atomic E-state index is 12.2. The van der Waals surface area contributed by atoms with Crippen molar-refractivity contribution >= 4 is 5.91 Å². The largest absolute Gasteiger partial charge is 0.339 e. The van der Waals surface area contributed by atoms with Gasteiger partial charge >= 0.3 is 0 Å². The normalized spacial score (nSPS) is 23.1. The average Bonchev–Trinajstić information content (AvgIpc) is 2.68.